The van der Waals surface area contributed by atoms with Gasteiger partial charge in [-0.25, -0.2) is 13.1 Å². The Labute approximate surface area is 131 Å². The van der Waals surface area contributed by atoms with Crippen LogP contribution in [0.15, 0.2) is 44.3 Å². The van der Waals surface area contributed by atoms with E-state index < -0.39 is 10.0 Å². The van der Waals surface area contributed by atoms with Crippen LogP contribution in [0.1, 0.15) is 5.76 Å². The second kappa shape index (κ2) is 6.50. The Bertz CT molecular complexity index is 728. The Balaban J connectivity index is 2.09. The van der Waals surface area contributed by atoms with Gasteiger partial charge in [0.25, 0.3) is 10.0 Å². The van der Waals surface area contributed by atoms with Gasteiger partial charge in [-0.1, -0.05) is 15.9 Å². The third-order valence-corrected chi connectivity index (χ3v) is 4.49. The molecule has 8 heteroatoms. The van der Waals surface area contributed by atoms with Crippen LogP contribution in [0.2, 0.25) is 0 Å². The number of halogens is 1. The minimum absolute atomic E-state index is 0.103. The number of hydrogen-bond donors (Lipinski definition) is 2. The van der Waals surface area contributed by atoms with Crippen LogP contribution in [0.3, 0.4) is 0 Å². The molecule has 0 saturated carbocycles. The van der Waals surface area contributed by atoms with Crippen molar-refractivity contribution in [1.29, 1.82) is 0 Å². The maximum Gasteiger partial charge on any atom is 0.273 e. The van der Waals surface area contributed by atoms with Crippen LogP contribution in [-0.4, -0.2) is 22.6 Å². The van der Waals surface area contributed by atoms with Gasteiger partial charge < -0.3 is 14.5 Å². The van der Waals surface area contributed by atoms with Gasteiger partial charge in [0, 0.05) is 16.2 Å². The summed E-state index contributed by atoms with van der Waals surface area (Å²) in [5.74, 6) is 1.23. The van der Waals surface area contributed by atoms with Gasteiger partial charge >= 0.3 is 0 Å². The maximum atomic E-state index is 11.6. The molecule has 1 heterocycles. The second-order valence-electron chi connectivity index (χ2n) is 4.16. The molecule has 1 aromatic heterocycles. The normalized spacial score (nSPS) is 11.4. The predicted molar refractivity (Wildman–Crippen MR) is 83.0 cm³/mol. The van der Waals surface area contributed by atoms with Gasteiger partial charge in [-0.05, 0) is 31.3 Å². The van der Waals surface area contributed by atoms with E-state index in [0.29, 0.717) is 18.1 Å². The Morgan fingerprint density at radius 2 is 2.05 bits per heavy atom. The molecule has 6 nitrogen and oxygen atoms in total. The van der Waals surface area contributed by atoms with Crippen LogP contribution >= 0.6 is 15.9 Å². The van der Waals surface area contributed by atoms with E-state index in [2.05, 4.69) is 26.0 Å². The molecule has 0 saturated heterocycles. The van der Waals surface area contributed by atoms with Crippen LogP contribution < -0.4 is 14.8 Å². The summed E-state index contributed by atoms with van der Waals surface area (Å²) in [6, 6.07) is 8.60. The molecule has 0 fully saturated rings. The number of ether oxygens (including phenoxy) is 1. The smallest absolute Gasteiger partial charge is 0.273 e. The number of nitrogens with one attached hydrogen (secondary N) is 2. The standard InChI is InChI=1S/C13H15BrN2O4S/c1-15-21(17,18)13-4-3-11(20-13)8-16-10-5-9(14)6-12(7-10)19-2/h3-7,15-16H,8H2,1-2H3. The molecule has 2 N–H and O–H groups in total. The SMILES string of the molecule is CNS(=O)(=O)c1ccc(CNc2cc(Br)cc(OC)c2)o1. The monoisotopic (exact) mass is 374 g/mol. The first-order valence-electron chi connectivity index (χ1n) is 6.05. The summed E-state index contributed by atoms with van der Waals surface area (Å²) in [7, 11) is -0.623. The lowest BCUT2D eigenvalue weighted by Crippen LogP contribution is -2.17. The van der Waals surface area contributed by atoms with Gasteiger partial charge in [-0.2, -0.15) is 0 Å². The fourth-order valence-electron chi connectivity index (χ4n) is 1.67. The van der Waals surface area contributed by atoms with Crippen molar-refractivity contribution in [2.75, 3.05) is 19.5 Å². The molecule has 1 aromatic carbocycles. The fourth-order valence-corrected chi connectivity index (χ4v) is 2.81. The molecule has 0 aliphatic carbocycles. The Morgan fingerprint density at radius 1 is 1.29 bits per heavy atom. The molecule has 114 valence electrons. The molecular weight excluding hydrogens is 360 g/mol. The number of hydrogen-bond acceptors (Lipinski definition) is 5. The molecule has 0 amide bonds. The molecule has 2 aromatic rings. The van der Waals surface area contributed by atoms with E-state index in [9.17, 15) is 8.42 Å². The molecule has 0 unspecified atom stereocenters. The number of sulfonamides is 1. The maximum absolute atomic E-state index is 11.6. The third kappa shape index (κ3) is 3.99. The molecule has 2 rings (SSSR count). The first-order chi connectivity index (χ1) is 9.94. The molecule has 0 aliphatic heterocycles. The highest BCUT2D eigenvalue weighted by Crippen LogP contribution is 2.25. The lowest BCUT2D eigenvalue weighted by molar-refractivity contribution is 0.414. The summed E-state index contributed by atoms with van der Waals surface area (Å²) in [5, 5.41) is 3.04. The van der Waals surface area contributed by atoms with Gasteiger partial charge in [0.05, 0.1) is 13.7 Å². The summed E-state index contributed by atoms with van der Waals surface area (Å²) in [4.78, 5) is 0. The van der Waals surface area contributed by atoms with E-state index in [1.54, 1.807) is 13.2 Å². The zero-order chi connectivity index (χ0) is 15.5. The molecule has 21 heavy (non-hydrogen) atoms. The number of anilines is 1. The summed E-state index contributed by atoms with van der Waals surface area (Å²) in [5.41, 5.74) is 0.829. The minimum atomic E-state index is -3.55. The molecule has 0 bridgehead atoms. The molecule has 0 aliphatic rings. The van der Waals surface area contributed by atoms with Gasteiger partial charge in [0.15, 0.2) is 0 Å². The van der Waals surface area contributed by atoms with Gasteiger partial charge in [-0.15, -0.1) is 0 Å². The zero-order valence-electron chi connectivity index (χ0n) is 11.5. The van der Waals surface area contributed by atoms with Crippen molar-refractivity contribution in [2.45, 2.75) is 11.6 Å². The highest BCUT2D eigenvalue weighted by Gasteiger charge is 2.16. The van der Waals surface area contributed by atoms with Crippen molar-refractivity contribution in [1.82, 2.24) is 4.72 Å². The lowest BCUT2D eigenvalue weighted by Gasteiger charge is -2.08. The minimum Gasteiger partial charge on any atom is -0.497 e. The van der Waals surface area contributed by atoms with Crippen LogP contribution in [0.4, 0.5) is 5.69 Å². The first-order valence-corrected chi connectivity index (χ1v) is 8.33. The molecular formula is C13H15BrN2O4S. The van der Waals surface area contributed by atoms with E-state index in [1.165, 1.54) is 13.1 Å². The van der Waals surface area contributed by atoms with Crippen molar-refractivity contribution in [3.8, 4) is 5.75 Å². The van der Waals surface area contributed by atoms with Crippen molar-refractivity contribution in [3.63, 3.8) is 0 Å². The second-order valence-corrected chi connectivity index (χ2v) is 6.89. The predicted octanol–water partition coefficient (Wildman–Crippen LogP) is 2.57. The average Bonchev–Trinajstić information content (AvgIpc) is 2.94. The first kappa shape index (κ1) is 15.9. The van der Waals surface area contributed by atoms with Crippen molar-refractivity contribution < 1.29 is 17.6 Å². The summed E-state index contributed by atoms with van der Waals surface area (Å²) < 4.78 is 36.7. The summed E-state index contributed by atoms with van der Waals surface area (Å²) in [6.45, 7) is 0.360. The van der Waals surface area contributed by atoms with E-state index in [4.69, 9.17) is 9.15 Å². The van der Waals surface area contributed by atoms with Gasteiger partial charge in [0.2, 0.25) is 5.09 Å². The Kier molecular flexibility index (Phi) is 4.92. The largest absolute Gasteiger partial charge is 0.497 e. The number of rotatable bonds is 6. The Morgan fingerprint density at radius 3 is 2.71 bits per heavy atom. The van der Waals surface area contributed by atoms with Crippen molar-refractivity contribution >= 4 is 31.6 Å². The lowest BCUT2D eigenvalue weighted by atomic mass is 10.3. The van der Waals surface area contributed by atoms with Crippen LogP contribution in [0, 0.1) is 0 Å². The molecule has 0 spiro atoms. The van der Waals surface area contributed by atoms with Crippen molar-refractivity contribution in [2.24, 2.45) is 0 Å². The van der Waals surface area contributed by atoms with E-state index in [1.807, 2.05) is 18.2 Å². The zero-order valence-corrected chi connectivity index (χ0v) is 13.9. The average molecular weight is 375 g/mol. The van der Waals surface area contributed by atoms with Crippen LogP contribution in [-0.2, 0) is 16.6 Å². The molecule has 0 radical (unpaired) electrons. The highest BCUT2D eigenvalue weighted by atomic mass is 79.9. The number of benzene rings is 1. The number of methoxy groups -OCH3 is 1. The van der Waals surface area contributed by atoms with Crippen LogP contribution in [0.5, 0.6) is 5.75 Å². The van der Waals surface area contributed by atoms with Crippen molar-refractivity contribution in [3.05, 3.63) is 40.6 Å². The van der Waals surface area contributed by atoms with E-state index in [-0.39, 0.29) is 5.09 Å². The van der Waals surface area contributed by atoms with Gasteiger partial charge in [-0.3, -0.25) is 0 Å². The fraction of sp³-hybridized carbons (Fsp3) is 0.231. The summed E-state index contributed by atoms with van der Waals surface area (Å²) >= 11 is 3.39. The van der Waals surface area contributed by atoms with E-state index >= 15 is 0 Å². The van der Waals surface area contributed by atoms with E-state index in [0.717, 1.165) is 10.2 Å². The molecule has 0 atom stereocenters. The quantitative estimate of drug-likeness (QED) is 0.811. The summed E-state index contributed by atoms with van der Waals surface area (Å²) in [6.07, 6.45) is 0. The number of furan rings is 1. The Hall–Kier alpha value is -1.51. The third-order valence-electron chi connectivity index (χ3n) is 2.74. The highest BCUT2D eigenvalue weighted by molar-refractivity contribution is 9.10. The topological polar surface area (TPSA) is 80.6 Å². The van der Waals surface area contributed by atoms with Crippen LogP contribution in [0.25, 0.3) is 0 Å². The van der Waals surface area contributed by atoms with Gasteiger partial charge in [0.1, 0.15) is 11.5 Å².